The first-order valence-electron chi connectivity index (χ1n) is 6.27. The molecule has 1 aliphatic heterocycles. The summed E-state index contributed by atoms with van der Waals surface area (Å²) in [5, 5.41) is 0. The molecule has 0 bridgehead atoms. The van der Waals surface area contributed by atoms with Crippen LogP contribution in [0.2, 0.25) is 0 Å². The summed E-state index contributed by atoms with van der Waals surface area (Å²) in [6, 6.07) is 5.86. The van der Waals surface area contributed by atoms with E-state index >= 15 is 0 Å². The summed E-state index contributed by atoms with van der Waals surface area (Å²) >= 11 is 0. The van der Waals surface area contributed by atoms with Gasteiger partial charge < -0.3 is 15.5 Å². The van der Waals surface area contributed by atoms with Gasteiger partial charge in [0.1, 0.15) is 11.6 Å². The highest BCUT2D eigenvalue weighted by Crippen LogP contribution is 2.22. The Morgan fingerprint density at radius 2 is 2.06 bits per heavy atom. The van der Waals surface area contributed by atoms with Crippen molar-refractivity contribution in [3.05, 3.63) is 18.2 Å². The van der Waals surface area contributed by atoms with Gasteiger partial charge in [-0.3, -0.25) is 0 Å². The number of nitrogens with two attached hydrogens (primary N) is 1. The second-order valence-electron chi connectivity index (χ2n) is 5.11. The van der Waals surface area contributed by atoms with Gasteiger partial charge in [0.05, 0.1) is 0 Å². The van der Waals surface area contributed by atoms with Gasteiger partial charge >= 0.3 is 0 Å². The number of piperidine rings is 1. The molecule has 1 saturated heterocycles. The van der Waals surface area contributed by atoms with Crippen LogP contribution in [0.5, 0.6) is 0 Å². The molecule has 1 aromatic heterocycles. The lowest BCUT2D eigenvalue weighted by atomic mass is 9.96. The van der Waals surface area contributed by atoms with Crippen molar-refractivity contribution in [1.29, 1.82) is 0 Å². The quantitative estimate of drug-likeness (QED) is 0.859. The van der Waals surface area contributed by atoms with Crippen LogP contribution in [-0.4, -0.2) is 43.6 Å². The fourth-order valence-electron chi connectivity index (χ4n) is 2.48. The lowest BCUT2D eigenvalue weighted by Gasteiger charge is -2.34. The molecule has 0 unspecified atom stereocenters. The molecule has 4 heteroatoms. The normalized spacial score (nSPS) is 17.7. The topological polar surface area (TPSA) is 45.4 Å². The Kier molecular flexibility index (Phi) is 3.84. The minimum Gasteiger partial charge on any atom is -0.384 e. The first kappa shape index (κ1) is 12.2. The van der Waals surface area contributed by atoms with Gasteiger partial charge in [0.25, 0.3) is 0 Å². The van der Waals surface area contributed by atoms with Gasteiger partial charge in [0, 0.05) is 19.6 Å². The summed E-state index contributed by atoms with van der Waals surface area (Å²) in [7, 11) is 4.29. The molecule has 2 N–H and O–H groups in total. The third kappa shape index (κ3) is 3.33. The molecule has 4 nitrogen and oxygen atoms in total. The van der Waals surface area contributed by atoms with Crippen LogP contribution >= 0.6 is 0 Å². The van der Waals surface area contributed by atoms with Crippen molar-refractivity contribution < 1.29 is 0 Å². The molecule has 1 fully saturated rings. The SMILES string of the molecule is CN(C)CC1CCN(c2cccc(N)n2)CC1. The second-order valence-corrected chi connectivity index (χ2v) is 5.11. The number of hydrogen-bond acceptors (Lipinski definition) is 4. The Labute approximate surface area is 103 Å². The van der Waals surface area contributed by atoms with Gasteiger partial charge in [-0.1, -0.05) is 6.07 Å². The van der Waals surface area contributed by atoms with E-state index in [4.69, 9.17) is 5.73 Å². The highest BCUT2D eigenvalue weighted by atomic mass is 15.2. The zero-order chi connectivity index (χ0) is 12.3. The van der Waals surface area contributed by atoms with E-state index in [1.54, 1.807) is 0 Å². The van der Waals surface area contributed by atoms with Gasteiger partial charge in [-0.05, 0) is 45.0 Å². The van der Waals surface area contributed by atoms with Gasteiger partial charge in [-0.2, -0.15) is 0 Å². The molecule has 0 aromatic carbocycles. The lowest BCUT2D eigenvalue weighted by Crippen LogP contribution is -2.37. The molecule has 0 radical (unpaired) electrons. The fraction of sp³-hybridized carbons (Fsp3) is 0.615. The zero-order valence-electron chi connectivity index (χ0n) is 10.8. The van der Waals surface area contributed by atoms with Crippen LogP contribution in [0.4, 0.5) is 11.6 Å². The Hall–Kier alpha value is -1.29. The van der Waals surface area contributed by atoms with Crippen molar-refractivity contribution in [3.8, 4) is 0 Å². The number of nitrogens with zero attached hydrogens (tertiary/aromatic N) is 3. The van der Waals surface area contributed by atoms with Crippen LogP contribution in [0.25, 0.3) is 0 Å². The summed E-state index contributed by atoms with van der Waals surface area (Å²) in [5.74, 6) is 2.45. The summed E-state index contributed by atoms with van der Waals surface area (Å²) in [4.78, 5) is 8.99. The van der Waals surface area contributed by atoms with E-state index in [2.05, 4.69) is 28.9 Å². The molecule has 2 rings (SSSR count). The van der Waals surface area contributed by atoms with Crippen LogP contribution in [0.15, 0.2) is 18.2 Å². The van der Waals surface area contributed by atoms with E-state index in [0.717, 1.165) is 24.8 Å². The molecule has 0 saturated carbocycles. The molecule has 0 atom stereocenters. The first-order chi connectivity index (χ1) is 8.15. The number of hydrogen-bond donors (Lipinski definition) is 1. The molecule has 1 aromatic rings. The highest BCUT2D eigenvalue weighted by Gasteiger charge is 2.20. The average molecular weight is 234 g/mol. The molecule has 0 amide bonds. The predicted octanol–water partition coefficient (Wildman–Crippen LogP) is 1.44. The second kappa shape index (κ2) is 5.36. The molecule has 2 heterocycles. The molecule has 17 heavy (non-hydrogen) atoms. The maximum Gasteiger partial charge on any atom is 0.130 e. The van der Waals surface area contributed by atoms with E-state index < -0.39 is 0 Å². The molecule has 0 aliphatic carbocycles. The average Bonchev–Trinajstić information content (AvgIpc) is 2.29. The maximum atomic E-state index is 5.71. The monoisotopic (exact) mass is 234 g/mol. The van der Waals surface area contributed by atoms with Crippen molar-refractivity contribution in [3.63, 3.8) is 0 Å². The first-order valence-corrected chi connectivity index (χ1v) is 6.27. The van der Waals surface area contributed by atoms with Crippen molar-refractivity contribution in [1.82, 2.24) is 9.88 Å². The molecular formula is C13H22N4. The Morgan fingerprint density at radius 1 is 1.35 bits per heavy atom. The minimum absolute atomic E-state index is 0.609. The van der Waals surface area contributed by atoms with Crippen molar-refractivity contribution in [2.24, 2.45) is 5.92 Å². The summed E-state index contributed by atoms with van der Waals surface area (Å²) in [6.45, 7) is 3.38. The molecule has 94 valence electrons. The number of nitrogen functional groups attached to an aromatic ring is 1. The van der Waals surface area contributed by atoms with E-state index in [1.807, 2.05) is 18.2 Å². The molecule has 0 spiro atoms. The Morgan fingerprint density at radius 3 is 2.65 bits per heavy atom. The smallest absolute Gasteiger partial charge is 0.130 e. The van der Waals surface area contributed by atoms with E-state index in [9.17, 15) is 0 Å². The number of rotatable bonds is 3. The van der Waals surface area contributed by atoms with E-state index in [0.29, 0.717) is 5.82 Å². The number of pyridine rings is 1. The van der Waals surface area contributed by atoms with Gasteiger partial charge in [0.2, 0.25) is 0 Å². The third-order valence-corrected chi connectivity index (χ3v) is 3.32. The van der Waals surface area contributed by atoms with Crippen LogP contribution in [0.1, 0.15) is 12.8 Å². The van der Waals surface area contributed by atoms with E-state index in [1.165, 1.54) is 19.4 Å². The van der Waals surface area contributed by atoms with Crippen molar-refractivity contribution in [2.45, 2.75) is 12.8 Å². The lowest BCUT2D eigenvalue weighted by molar-refractivity contribution is 0.284. The summed E-state index contributed by atoms with van der Waals surface area (Å²) < 4.78 is 0. The Balaban J connectivity index is 1.91. The third-order valence-electron chi connectivity index (χ3n) is 3.32. The van der Waals surface area contributed by atoms with Crippen LogP contribution in [0, 0.1) is 5.92 Å². The van der Waals surface area contributed by atoms with E-state index in [-0.39, 0.29) is 0 Å². The van der Waals surface area contributed by atoms with Gasteiger partial charge in [-0.15, -0.1) is 0 Å². The van der Waals surface area contributed by atoms with Gasteiger partial charge in [-0.25, -0.2) is 4.98 Å². The number of anilines is 2. The molecular weight excluding hydrogens is 212 g/mol. The fourth-order valence-corrected chi connectivity index (χ4v) is 2.48. The largest absolute Gasteiger partial charge is 0.384 e. The van der Waals surface area contributed by atoms with Crippen LogP contribution in [0.3, 0.4) is 0 Å². The van der Waals surface area contributed by atoms with Crippen molar-refractivity contribution >= 4 is 11.6 Å². The van der Waals surface area contributed by atoms with Gasteiger partial charge in [0.15, 0.2) is 0 Å². The zero-order valence-corrected chi connectivity index (χ0v) is 10.8. The Bertz CT molecular complexity index is 356. The van der Waals surface area contributed by atoms with Crippen LogP contribution < -0.4 is 10.6 Å². The minimum atomic E-state index is 0.609. The molecule has 1 aliphatic rings. The van der Waals surface area contributed by atoms with Crippen LogP contribution in [-0.2, 0) is 0 Å². The number of aromatic nitrogens is 1. The van der Waals surface area contributed by atoms with Crippen molar-refractivity contribution in [2.75, 3.05) is 44.4 Å². The highest BCUT2D eigenvalue weighted by molar-refractivity contribution is 5.44. The maximum absolute atomic E-state index is 5.71. The predicted molar refractivity (Wildman–Crippen MR) is 72.1 cm³/mol. The standard InChI is InChI=1S/C13H22N4/c1-16(2)10-11-6-8-17(9-7-11)13-5-3-4-12(14)15-13/h3-5,11H,6-10H2,1-2H3,(H2,14,15). The summed E-state index contributed by atoms with van der Waals surface area (Å²) in [5.41, 5.74) is 5.71. The summed E-state index contributed by atoms with van der Waals surface area (Å²) in [6.07, 6.45) is 2.49.